The van der Waals surface area contributed by atoms with Gasteiger partial charge in [-0.15, -0.1) is 17.7 Å². The average Bonchev–Trinajstić information content (AvgIpc) is 3.78. The number of aliphatic hydroxyl groups excluding tert-OH is 1. The molecule has 1 radical (unpaired) electrons. The third-order valence-corrected chi connectivity index (χ3v) is 9.16. The predicted molar refractivity (Wildman–Crippen MR) is 174 cm³/mol. The van der Waals surface area contributed by atoms with Gasteiger partial charge in [0.2, 0.25) is 5.71 Å². The van der Waals surface area contributed by atoms with Crippen LogP contribution in [0.5, 0.6) is 0 Å². The smallest absolute Gasteiger partial charge is 0.216 e. The third-order valence-electron chi connectivity index (χ3n) is 9.16. The maximum absolute atomic E-state index is 11.8. The van der Waals surface area contributed by atoms with Gasteiger partial charge >= 0.3 is 0 Å². The molecule has 5 nitrogen and oxygen atoms in total. The van der Waals surface area contributed by atoms with Gasteiger partial charge in [0.25, 0.3) is 0 Å². The molecule has 0 unspecified atom stereocenters. The molecule has 44 heavy (non-hydrogen) atoms. The molecule has 231 valence electrons. The van der Waals surface area contributed by atoms with Crippen molar-refractivity contribution in [1.29, 1.82) is 0 Å². The quantitative estimate of drug-likeness (QED) is 0.110. The van der Waals surface area contributed by atoms with Crippen LogP contribution in [0.4, 0.5) is 0 Å². The number of hydrogen-bond donors (Lipinski definition) is 1. The minimum absolute atomic E-state index is 0. The summed E-state index contributed by atoms with van der Waals surface area (Å²) in [4.78, 5) is 21.1. The van der Waals surface area contributed by atoms with E-state index in [1.807, 2.05) is 19.2 Å². The maximum Gasteiger partial charge on any atom is 0.216 e. The van der Waals surface area contributed by atoms with Crippen molar-refractivity contribution in [2.75, 3.05) is 0 Å². The number of furan rings is 1. The third kappa shape index (κ3) is 6.67. The summed E-state index contributed by atoms with van der Waals surface area (Å²) in [7, 11) is 0. The fourth-order valence-corrected chi connectivity index (χ4v) is 6.66. The molecule has 7 rings (SSSR count). The van der Waals surface area contributed by atoms with E-state index in [1.54, 1.807) is 0 Å². The molecule has 0 amide bonds. The zero-order chi connectivity index (χ0) is 30.1. The van der Waals surface area contributed by atoms with Crippen LogP contribution < -0.4 is 0 Å². The van der Waals surface area contributed by atoms with E-state index in [0.717, 1.165) is 69.9 Å². The van der Waals surface area contributed by atoms with Crippen LogP contribution >= 0.6 is 0 Å². The van der Waals surface area contributed by atoms with Gasteiger partial charge in [0.1, 0.15) is 0 Å². The van der Waals surface area contributed by atoms with Gasteiger partial charge in [-0.2, -0.15) is 0 Å². The van der Waals surface area contributed by atoms with Gasteiger partial charge in [-0.1, -0.05) is 75.6 Å². The Hall–Kier alpha value is -3.34. The monoisotopic (exact) mass is 766 g/mol. The first-order chi connectivity index (χ1) is 20.8. The van der Waals surface area contributed by atoms with Crippen LogP contribution in [0.25, 0.3) is 44.1 Å². The van der Waals surface area contributed by atoms with Crippen LogP contribution in [0.1, 0.15) is 88.0 Å². The van der Waals surface area contributed by atoms with Crippen LogP contribution in [0.3, 0.4) is 0 Å². The summed E-state index contributed by atoms with van der Waals surface area (Å²) in [5, 5.41) is 14.2. The molecule has 3 heterocycles. The van der Waals surface area contributed by atoms with Crippen molar-refractivity contribution in [3.63, 3.8) is 0 Å². The van der Waals surface area contributed by atoms with Crippen molar-refractivity contribution in [3.05, 3.63) is 83.4 Å². The molecule has 2 fully saturated rings. The van der Waals surface area contributed by atoms with Crippen LogP contribution in [0, 0.1) is 31.7 Å². The Kier molecular flexibility index (Phi) is 10.0. The number of benzene rings is 2. The van der Waals surface area contributed by atoms with Crippen LogP contribution in [-0.2, 0) is 24.9 Å². The summed E-state index contributed by atoms with van der Waals surface area (Å²) in [6.07, 6.45) is 12.3. The number of carbonyl (C=O) groups is 1. The summed E-state index contributed by atoms with van der Waals surface area (Å²) >= 11 is 0. The molecule has 0 atom stereocenters. The summed E-state index contributed by atoms with van der Waals surface area (Å²) in [6, 6.07) is 18.4. The van der Waals surface area contributed by atoms with Gasteiger partial charge in [-0.05, 0) is 78.8 Å². The summed E-state index contributed by atoms with van der Waals surface area (Å²) < 4.78 is 6.20. The number of fused-ring (bicyclic) bond motifs is 4. The second-order valence-corrected chi connectivity index (χ2v) is 12.7. The number of nitrogens with zero attached hydrogens (tertiary/aromatic N) is 2. The van der Waals surface area contributed by atoms with E-state index in [2.05, 4.69) is 68.2 Å². The molecule has 0 saturated heterocycles. The Balaban J connectivity index is 0.000000204. The van der Waals surface area contributed by atoms with Crippen molar-refractivity contribution in [2.24, 2.45) is 11.8 Å². The molecular weight excluding hydrogens is 725 g/mol. The van der Waals surface area contributed by atoms with Crippen molar-refractivity contribution in [1.82, 2.24) is 9.97 Å². The second kappa shape index (κ2) is 13.7. The largest absolute Gasteiger partial charge is 0.512 e. The van der Waals surface area contributed by atoms with Gasteiger partial charge in [-0.3, -0.25) is 4.79 Å². The summed E-state index contributed by atoms with van der Waals surface area (Å²) in [5.74, 6) is 1.48. The molecule has 6 heteroatoms. The Morgan fingerprint density at radius 3 is 2.32 bits per heavy atom. The number of aryl methyl sites for hydroxylation is 2. The van der Waals surface area contributed by atoms with Gasteiger partial charge in [-0.25, -0.2) is 4.98 Å². The molecule has 2 aliphatic rings. The molecule has 0 bridgehead atoms. The predicted octanol–water partition coefficient (Wildman–Crippen LogP) is 10.1. The molecule has 2 aromatic carbocycles. The van der Waals surface area contributed by atoms with Crippen molar-refractivity contribution >= 4 is 38.6 Å². The Morgan fingerprint density at radius 1 is 0.932 bits per heavy atom. The maximum atomic E-state index is 11.8. The average molecular weight is 766 g/mol. The van der Waals surface area contributed by atoms with Crippen molar-refractivity contribution in [3.8, 4) is 11.3 Å². The fourth-order valence-electron chi connectivity index (χ4n) is 6.66. The van der Waals surface area contributed by atoms with Gasteiger partial charge in [0.05, 0.1) is 11.3 Å². The van der Waals surface area contributed by atoms with Crippen LogP contribution in [0.15, 0.2) is 64.9 Å². The SMILES string of the molecule is Cc1[c-]c(-c2nccc3cc(C(C)C)ccc23)c2oc3nc(C)ccc3c2c1.O=C(/C=C(\O)C1CCCC1)C1CCCC1.[Ir]. The van der Waals surface area contributed by atoms with Gasteiger partial charge < -0.3 is 14.5 Å². The minimum Gasteiger partial charge on any atom is -0.512 e. The van der Waals surface area contributed by atoms with E-state index >= 15 is 0 Å². The number of aromatic nitrogens is 2. The van der Waals surface area contributed by atoms with E-state index in [9.17, 15) is 9.90 Å². The molecule has 1 N–H and O–H groups in total. The number of aliphatic hydroxyl groups is 1. The summed E-state index contributed by atoms with van der Waals surface area (Å²) in [5.41, 5.74) is 6.59. The number of pyridine rings is 2. The van der Waals surface area contributed by atoms with E-state index in [4.69, 9.17) is 9.40 Å². The standard InChI is InChI=1S/C25H21N2O.C13H20O2.Ir/c1-14(2)17-6-8-19-18(13-17)9-10-26-23(19)22-12-15(3)11-21-20-7-5-16(4)27-25(20)28-24(21)22;14-12(10-5-1-2-6-10)9-13(15)11-7-3-4-8-11;/h5-11,13-14H,1-4H3;9-11,14H,1-8H2;/q-1;;/b;12-9-;. The topological polar surface area (TPSA) is 76.2 Å². The number of carbonyl (C=O) groups excluding carboxylic acids is 1. The number of hydrogen-bond acceptors (Lipinski definition) is 5. The Morgan fingerprint density at radius 2 is 1.61 bits per heavy atom. The molecule has 0 spiro atoms. The zero-order valence-corrected chi connectivity index (χ0v) is 28.5. The summed E-state index contributed by atoms with van der Waals surface area (Å²) in [6.45, 7) is 8.46. The molecule has 3 aromatic heterocycles. The number of rotatable bonds is 5. The van der Waals surface area contributed by atoms with Gasteiger partial charge in [0, 0.05) is 55.3 Å². The molecule has 2 saturated carbocycles. The number of allylic oxidation sites excluding steroid dienone is 2. The molecular formula is C38H41IrN2O3-. The van der Waals surface area contributed by atoms with E-state index in [-0.39, 0.29) is 37.7 Å². The molecule has 5 aromatic rings. The first-order valence-corrected chi connectivity index (χ1v) is 15.8. The first kappa shape index (κ1) is 32.1. The van der Waals surface area contributed by atoms with Crippen LogP contribution in [0.2, 0.25) is 0 Å². The van der Waals surface area contributed by atoms with Crippen molar-refractivity contribution < 1.29 is 34.4 Å². The van der Waals surface area contributed by atoms with E-state index in [1.165, 1.54) is 42.7 Å². The Bertz CT molecular complexity index is 1830. The van der Waals surface area contributed by atoms with Gasteiger partial charge in [0.15, 0.2) is 5.78 Å². The van der Waals surface area contributed by atoms with E-state index in [0.29, 0.717) is 17.4 Å². The first-order valence-electron chi connectivity index (χ1n) is 15.8. The van der Waals surface area contributed by atoms with E-state index < -0.39 is 0 Å². The number of ketones is 1. The molecule has 2 aliphatic carbocycles. The second-order valence-electron chi connectivity index (χ2n) is 12.7. The fraction of sp³-hybridized carbons (Fsp3) is 0.395. The minimum atomic E-state index is 0. The zero-order valence-electron chi connectivity index (χ0n) is 26.1. The van der Waals surface area contributed by atoms with Crippen LogP contribution in [-0.4, -0.2) is 20.9 Å². The van der Waals surface area contributed by atoms with Crippen molar-refractivity contribution in [2.45, 2.75) is 85.0 Å². The molecule has 0 aliphatic heterocycles. The Labute approximate surface area is 273 Å². The normalized spacial score (nSPS) is 16.1.